The molecule has 0 radical (unpaired) electrons. The second-order valence-corrected chi connectivity index (χ2v) is 21.4. The molecule has 0 N–H and O–H groups in total. The molecule has 11 rings (SSSR count). The average Bonchev–Trinajstić information content (AvgIpc) is 3.71. The summed E-state index contributed by atoms with van der Waals surface area (Å²) in [5.41, 5.74) is 19.6. The van der Waals surface area contributed by atoms with Gasteiger partial charge in [-0.25, -0.2) is 4.98 Å². The first-order valence-corrected chi connectivity index (χ1v) is 23.8. The highest BCUT2D eigenvalue weighted by molar-refractivity contribution is 7.00. The van der Waals surface area contributed by atoms with Crippen LogP contribution in [0.2, 0.25) is 0 Å². The monoisotopic (exact) mass is 871 g/mol. The lowest BCUT2D eigenvalue weighted by Crippen LogP contribution is -2.62. The van der Waals surface area contributed by atoms with Crippen molar-refractivity contribution in [3.63, 3.8) is 0 Å². The third-order valence-corrected chi connectivity index (χ3v) is 13.8. The SMILES string of the molecule is CC(C)(C)c1ccc(N(c2ccc3c(c2)N(c2ccccc2)c2cc(C(C)(C)C)cc4c2B3c2nc3ccccn3c2N4c2ccccc2)c2ccc(C(C)(C)C)cc2-c2ccccc2)cc1. The van der Waals surface area contributed by atoms with E-state index in [2.05, 4.69) is 270 Å². The lowest BCUT2D eigenvalue weighted by Gasteiger charge is -2.44. The zero-order valence-corrected chi connectivity index (χ0v) is 40.2. The Balaban J connectivity index is 1.22. The summed E-state index contributed by atoms with van der Waals surface area (Å²) in [6.45, 7) is 20.6. The molecule has 67 heavy (non-hydrogen) atoms. The van der Waals surface area contributed by atoms with E-state index >= 15 is 0 Å². The molecular weight excluding hydrogens is 814 g/mol. The standard InChI is InChI=1S/C61H58BN5/c1-59(2,3)42-28-31-47(32-29-42)65(51-35-30-43(60(4,5)6)37-49(51)41-21-13-10-14-22-41)48-33-34-50-52(40-48)66(45-23-15-11-16-24-45)53-38-44(61(7,8)9)39-54-56(53)62(50)57-58(64-36-20-19-27-55(64)63-57)67(54)46-25-17-12-18-26-46/h10-40H,1-9H3. The second-order valence-electron chi connectivity index (χ2n) is 21.4. The fraction of sp³-hybridized carbons (Fsp3) is 0.197. The van der Waals surface area contributed by atoms with Crippen LogP contribution in [0.1, 0.15) is 79.0 Å². The minimum Gasteiger partial charge on any atom is -0.311 e. The Morgan fingerprint density at radius 2 is 1.01 bits per heavy atom. The van der Waals surface area contributed by atoms with Crippen LogP contribution in [0.25, 0.3) is 16.8 Å². The van der Waals surface area contributed by atoms with E-state index in [4.69, 9.17) is 4.98 Å². The Bertz CT molecular complexity index is 3300. The van der Waals surface area contributed by atoms with E-state index in [0.29, 0.717) is 0 Å². The van der Waals surface area contributed by atoms with Crippen molar-refractivity contribution in [1.82, 2.24) is 9.38 Å². The molecule has 4 heterocycles. The zero-order valence-electron chi connectivity index (χ0n) is 40.2. The molecule has 0 spiro atoms. The first kappa shape index (κ1) is 42.3. The van der Waals surface area contributed by atoms with Crippen molar-refractivity contribution < 1.29 is 0 Å². The number of para-hydroxylation sites is 2. The number of hydrogen-bond acceptors (Lipinski definition) is 4. The maximum atomic E-state index is 5.57. The first-order valence-electron chi connectivity index (χ1n) is 23.8. The summed E-state index contributed by atoms with van der Waals surface area (Å²) in [5, 5.41) is 0. The quantitative estimate of drug-likeness (QED) is 0.156. The summed E-state index contributed by atoms with van der Waals surface area (Å²) in [6, 6.07) is 67.4. The van der Waals surface area contributed by atoms with Gasteiger partial charge in [0, 0.05) is 51.6 Å². The Kier molecular flexibility index (Phi) is 9.90. The molecule has 0 atom stereocenters. The highest BCUT2D eigenvalue weighted by Gasteiger charge is 2.47. The van der Waals surface area contributed by atoms with Crippen LogP contribution in [0.15, 0.2) is 188 Å². The van der Waals surface area contributed by atoms with Crippen molar-refractivity contribution in [1.29, 1.82) is 0 Å². The van der Waals surface area contributed by atoms with Crippen molar-refractivity contribution >= 4 is 80.2 Å². The van der Waals surface area contributed by atoms with E-state index in [9.17, 15) is 0 Å². The van der Waals surface area contributed by atoms with Crippen LogP contribution < -0.4 is 31.2 Å². The van der Waals surface area contributed by atoms with Crippen molar-refractivity contribution in [3.05, 3.63) is 205 Å². The Hall–Kier alpha value is -7.31. The number of aromatic nitrogens is 2. The third kappa shape index (κ3) is 7.22. The van der Waals surface area contributed by atoms with E-state index in [1.54, 1.807) is 0 Å². The van der Waals surface area contributed by atoms with E-state index in [1.165, 1.54) is 50.1 Å². The molecule has 0 bridgehead atoms. The number of imidazole rings is 1. The predicted molar refractivity (Wildman–Crippen MR) is 285 cm³/mol. The van der Waals surface area contributed by atoms with Crippen LogP contribution in [0, 0.1) is 0 Å². The minimum absolute atomic E-state index is 0.0138. The molecule has 330 valence electrons. The highest BCUT2D eigenvalue weighted by Crippen LogP contribution is 2.49. The van der Waals surface area contributed by atoms with Gasteiger partial charge in [-0.2, -0.15) is 0 Å². The van der Waals surface area contributed by atoms with Crippen molar-refractivity contribution in [3.8, 4) is 11.1 Å². The molecule has 7 aromatic carbocycles. The van der Waals surface area contributed by atoms with Crippen LogP contribution in [0.4, 0.5) is 51.3 Å². The fourth-order valence-corrected chi connectivity index (χ4v) is 10.2. The number of pyridine rings is 1. The van der Waals surface area contributed by atoms with Crippen molar-refractivity contribution in [2.24, 2.45) is 0 Å². The summed E-state index contributed by atoms with van der Waals surface area (Å²) in [5.74, 6) is 1.08. The summed E-state index contributed by atoms with van der Waals surface area (Å²) >= 11 is 0. The number of benzene rings is 7. The lowest BCUT2D eigenvalue weighted by molar-refractivity contribution is 0.590. The predicted octanol–water partition coefficient (Wildman–Crippen LogP) is 14.4. The largest absolute Gasteiger partial charge is 0.311 e. The van der Waals surface area contributed by atoms with Gasteiger partial charge in [-0.15, -0.1) is 0 Å². The number of hydrogen-bond donors (Lipinski definition) is 0. The first-order chi connectivity index (χ1) is 32.1. The van der Waals surface area contributed by atoms with Gasteiger partial charge in [0.25, 0.3) is 6.71 Å². The van der Waals surface area contributed by atoms with Crippen molar-refractivity contribution in [2.45, 2.75) is 78.6 Å². The molecule has 2 aliphatic rings. The Morgan fingerprint density at radius 1 is 0.463 bits per heavy atom. The van der Waals surface area contributed by atoms with Crippen LogP contribution in [0.3, 0.4) is 0 Å². The molecule has 0 fully saturated rings. The topological polar surface area (TPSA) is 27.0 Å². The van der Waals surface area contributed by atoms with Gasteiger partial charge in [0.1, 0.15) is 11.5 Å². The molecule has 5 nitrogen and oxygen atoms in total. The van der Waals surface area contributed by atoms with Crippen LogP contribution in [0.5, 0.6) is 0 Å². The number of nitrogens with zero attached hydrogens (tertiary/aromatic N) is 5. The lowest BCUT2D eigenvalue weighted by atomic mass is 9.35. The van der Waals surface area contributed by atoms with Gasteiger partial charge in [-0.1, -0.05) is 159 Å². The van der Waals surface area contributed by atoms with Gasteiger partial charge in [-0.05, 0) is 134 Å². The molecular formula is C61H58BN5. The zero-order chi connectivity index (χ0) is 46.4. The van der Waals surface area contributed by atoms with Gasteiger partial charge < -0.3 is 9.80 Å². The second kappa shape index (κ2) is 15.7. The number of anilines is 9. The van der Waals surface area contributed by atoms with Gasteiger partial charge in [0.15, 0.2) is 0 Å². The molecule has 0 aliphatic carbocycles. The minimum atomic E-state index is -0.142. The Morgan fingerprint density at radius 3 is 1.64 bits per heavy atom. The summed E-state index contributed by atoms with van der Waals surface area (Å²) in [7, 11) is 0. The molecule has 0 saturated heterocycles. The molecule has 0 unspecified atom stereocenters. The summed E-state index contributed by atoms with van der Waals surface area (Å²) in [6.07, 6.45) is 2.16. The maximum Gasteiger partial charge on any atom is 0.277 e. The Labute approximate surface area is 397 Å². The van der Waals surface area contributed by atoms with E-state index < -0.39 is 0 Å². The van der Waals surface area contributed by atoms with Gasteiger partial charge in [0.05, 0.1) is 11.3 Å². The molecule has 9 aromatic rings. The van der Waals surface area contributed by atoms with Crippen LogP contribution in [-0.4, -0.2) is 16.1 Å². The van der Waals surface area contributed by atoms with Gasteiger partial charge in [0.2, 0.25) is 0 Å². The molecule has 0 amide bonds. The summed E-state index contributed by atoms with van der Waals surface area (Å²) < 4.78 is 2.28. The third-order valence-electron chi connectivity index (χ3n) is 13.8. The van der Waals surface area contributed by atoms with Crippen LogP contribution in [-0.2, 0) is 16.2 Å². The van der Waals surface area contributed by atoms with E-state index in [-0.39, 0.29) is 23.0 Å². The van der Waals surface area contributed by atoms with E-state index in [0.717, 1.165) is 51.2 Å². The fourth-order valence-electron chi connectivity index (χ4n) is 10.2. The highest BCUT2D eigenvalue weighted by atomic mass is 15.3. The molecule has 0 saturated carbocycles. The van der Waals surface area contributed by atoms with Gasteiger partial charge in [-0.3, -0.25) is 9.30 Å². The summed E-state index contributed by atoms with van der Waals surface area (Å²) in [4.78, 5) is 13.0. The number of rotatable bonds is 6. The smallest absolute Gasteiger partial charge is 0.277 e. The molecule has 6 heteroatoms. The average molecular weight is 872 g/mol. The van der Waals surface area contributed by atoms with Crippen molar-refractivity contribution in [2.75, 3.05) is 14.7 Å². The maximum absolute atomic E-state index is 5.57. The molecule has 2 aliphatic heterocycles. The number of fused-ring (bicyclic) bond motifs is 6. The normalized spacial score (nSPS) is 13.4. The molecule has 2 aromatic heterocycles. The van der Waals surface area contributed by atoms with Crippen LogP contribution >= 0.6 is 0 Å². The van der Waals surface area contributed by atoms with E-state index in [1.807, 2.05) is 0 Å². The van der Waals surface area contributed by atoms with Gasteiger partial charge >= 0.3 is 0 Å².